The Balaban J connectivity index is 0.00000450. The van der Waals surface area contributed by atoms with Gasteiger partial charge in [0.15, 0.2) is 17.5 Å². The van der Waals surface area contributed by atoms with Gasteiger partial charge in [0.05, 0.1) is 13.7 Å². The van der Waals surface area contributed by atoms with Crippen LogP contribution in [0, 0.1) is 5.41 Å². The van der Waals surface area contributed by atoms with Crippen LogP contribution in [0.15, 0.2) is 23.2 Å². The number of guanidine groups is 1. The number of hydrogen-bond donors (Lipinski definition) is 2. The molecule has 30 heavy (non-hydrogen) atoms. The van der Waals surface area contributed by atoms with Crippen molar-refractivity contribution >= 4 is 29.9 Å². The van der Waals surface area contributed by atoms with Crippen molar-refractivity contribution in [3.05, 3.63) is 23.8 Å². The van der Waals surface area contributed by atoms with Gasteiger partial charge in [-0.25, -0.2) is 0 Å². The molecule has 0 aromatic heterocycles. The van der Waals surface area contributed by atoms with Crippen molar-refractivity contribution in [2.75, 3.05) is 47.6 Å². The van der Waals surface area contributed by atoms with E-state index in [1.807, 2.05) is 20.0 Å². The molecule has 7 heteroatoms. The Labute approximate surface area is 199 Å². The maximum Gasteiger partial charge on any atom is 0.190 e. The van der Waals surface area contributed by atoms with Gasteiger partial charge in [-0.05, 0) is 62.1 Å². The Morgan fingerprint density at radius 2 is 1.90 bits per heavy atom. The van der Waals surface area contributed by atoms with Gasteiger partial charge in [-0.15, -0.1) is 24.0 Å². The Morgan fingerprint density at radius 3 is 2.53 bits per heavy atom. The van der Waals surface area contributed by atoms with Gasteiger partial charge in [0.1, 0.15) is 0 Å². The highest BCUT2D eigenvalue weighted by Gasteiger charge is 2.33. The average molecular weight is 533 g/mol. The van der Waals surface area contributed by atoms with Crippen LogP contribution in [0.1, 0.15) is 51.0 Å². The Hall–Kier alpha value is -1.22. The lowest BCUT2D eigenvalue weighted by molar-refractivity contribution is 0.138. The summed E-state index contributed by atoms with van der Waals surface area (Å²) in [5, 5.41) is 7.00. The van der Waals surface area contributed by atoms with Crippen LogP contribution in [0.25, 0.3) is 0 Å². The number of aliphatic imine (C=N–C) groups is 1. The molecule has 1 saturated carbocycles. The van der Waals surface area contributed by atoms with Gasteiger partial charge in [0, 0.05) is 33.9 Å². The molecular weight excluding hydrogens is 493 g/mol. The summed E-state index contributed by atoms with van der Waals surface area (Å²) in [4.78, 5) is 4.39. The first-order chi connectivity index (χ1) is 14.2. The Kier molecular flexibility index (Phi) is 13.2. The zero-order valence-electron chi connectivity index (χ0n) is 19.1. The van der Waals surface area contributed by atoms with Crippen molar-refractivity contribution in [2.24, 2.45) is 10.4 Å². The first-order valence-electron chi connectivity index (χ1n) is 10.9. The summed E-state index contributed by atoms with van der Waals surface area (Å²) in [6.45, 7) is 5.29. The van der Waals surface area contributed by atoms with Crippen LogP contribution in [0.3, 0.4) is 0 Å². The lowest BCUT2D eigenvalue weighted by Gasteiger charge is -2.30. The molecule has 1 fully saturated rings. The van der Waals surface area contributed by atoms with Crippen molar-refractivity contribution in [3.8, 4) is 11.5 Å². The zero-order chi connectivity index (χ0) is 21.0. The largest absolute Gasteiger partial charge is 0.493 e. The van der Waals surface area contributed by atoms with Crippen molar-refractivity contribution < 1.29 is 14.2 Å². The summed E-state index contributed by atoms with van der Waals surface area (Å²) in [5.41, 5.74) is 1.61. The summed E-state index contributed by atoms with van der Waals surface area (Å²) in [7, 11) is 5.30. The molecule has 0 spiro atoms. The van der Waals surface area contributed by atoms with E-state index < -0.39 is 0 Å². The highest BCUT2D eigenvalue weighted by Crippen LogP contribution is 2.40. The number of rotatable bonds is 12. The van der Waals surface area contributed by atoms with Gasteiger partial charge in [0.2, 0.25) is 0 Å². The maximum absolute atomic E-state index is 5.67. The van der Waals surface area contributed by atoms with E-state index in [9.17, 15) is 0 Å². The van der Waals surface area contributed by atoms with Crippen LogP contribution < -0.4 is 20.1 Å². The number of nitrogens with one attached hydrogen (secondary N) is 2. The number of hydrogen-bond acceptors (Lipinski definition) is 4. The Bertz CT molecular complexity index is 634. The molecule has 0 heterocycles. The average Bonchev–Trinajstić information content (AvgIpc) is 3.21. The normalized spacial score (nSPS) is 15.4. The van der Waals surface area contributed by atoms with Gasteiger partial charge in [-0.2, -0.15) is 0 Å². The minimum Gasteiger partial charge on any atom is -0.493 e. The van der Waals surface area contributed by atoms with E-state index in [1.54, 1.807) is 14.2 Å². The van der Waals surface area contributed by atoms with Gasteiger partial charge in [0.25, 0.3) is 0 Å². The molecule has 0 bridgehead atoms. The van der Waals surface area contributed by atoms with Crippen LogP contribution in [-0.4, -0.2) is 53.5 Å². The smallest absolute Gasteiger partial charge is 0.190 e. The number of halogens is 1. The summed E-state index contributed by atoms with van der Waals surface area (Å²) in [5.74, 6) is 2.49. The van der Waals surface area contributed by atoms with E-state index in [0.717, 1.165) is 56.4 Å². The number of benzene rings is 1. The maximum atomic E-state index is 5.67. The summed E-state index contributed by atoms with van der Waals surface area (Å²) in [6, 6.07) is 6.17. The minimum absolute atomic E-state index is 0. The summed E-state index contributed by atoms with van der Waals surface area (Å²) in [6.07, 6.45) is 8.32. The number of aryl methyl sites for hydroxylation is 1. The molecule has 0 radical (unpaired) electrons. The van der Waals surface area contributed by atoms with Gasteiger partial charge in [-0.3, -0.25) is 4.99 Å². The molecule has 0 unspecified atom stereocenters. The third-order valence-electron chi connectivity index (χ3n) is 5.82. The van der Waals surface area contributed by atoms with Crippen molar-refractivity contribution in [3.63, 3.8) is 0 Å². The second-order valence-corrected chi connectivity index (χ2v) is 7.82. The molecule has 0 saturated heterocycles. The SMILES string of the molecule is CCOc1cc(CCCNC(=NC)NCC2(CCOC)CCCC2)ccc1OC.I. The highest BCUT2D eigenvalue weighted by molar-refractivity contribution is 14.0. The van der Waals surface area contributed by atoms with E-state index in [2.05, 4.69) is 27.8 Å². The van der Waals surface area contributed by atoms with Gasteiger partial charge >= 0.3 is 0 Å². The van der Waals surface area contributed by atoms with Crippen molar-refractivity contribution in [2.45, 2.75) is 51.9 Å². The predicted molar refractivity (Wildman–Crippen MR) is 135 cm³/mol. The summed E-state index contributed by atoms with van der Waals surface area (Å²) < 4.78 is 16.4. The summed E-state index contributed by atoms with van der Waals surface area (Å²) >= 11 is 0. The van der Waals surface area contributed by atoms with Crippen LogP contribution in [0.4, 0.5) is 0 Å². The van der Waals surface area contributed by atoms with Crippen LogP contribution in [0.2, 0.25) is 0 Å². The first-order valence-corrected chi connectivity index (χ1v) is 10.9. The van der Waals surface area contributed by atoms with E-state index in [0.29, 0.717) is 12.0 Å². The second kappa shape index (κ2) is 14.7. The number of ether oxygens (including phenoxy) is 3. The van der Waals surface area contributed by atoms with Crippen LogP contribution in [-0.2, 0) is 11.2 Å². The fourth-order valence-corrected chi connectivity index (χ4v) is 4.09. The van der Waals surface area contributed by atoms with Crippen molar-refractivity contribution in [1.82, 2.24) is 10.6 Å². The van der Waals surface area contributed by atoms with Gasteiger partial charge in [-0.1, -0.05) is 18.9 Å². The lowest BCUT2D eigenvalue weighted by atomic mass is 9.83. The highest BCUT2D eigenvalue weighted by atomic mass is 127. The van der Waals surface area contributed by atoms with E-state index in [-0.39, 0.29) is 24.0 Å². The van der Waals surface area contributed by atoms with E-state index in [1.165, 1.54) is 31.2 Å². The molecule has 0 aliphatic heterocycles. The van der Waals surface area contributed by atoms with E-state index in [4.69, 9.17) is 14.2 Å². The predicted octanol–water partition coefficient (Wildman–Crippen LogP) is 4.41. The second-order valence-electron chi connectivity index (χ2n) is 7.82. The molecule has 0 amide bonds. The monoisotopic (exact) mass is 533 g/mol. The fraction of sp³-hybridized carbons (Fsp3) is 0.696. The van der Waals surface area contributed by atoms with Crippen LogP contribution >= 0.6 is 24.0 Å². The molecule has 1 aromatic carbocycles. The minimum atomic E-state index is 0. The zero-order valence-corrected chi connectivity index (χ0v) is 21.4. The molecule has 6 nitrogen and oxygen atoms in total. The Morgan fingerprint density at radius 1 is 1.13 bits per heavy atom. The molecular formula is C23H40IN3O3. The standard InChI is InChI=1S/C23H39N3O3.HI/c1-5-29-21-17-19(10-11-20(21)28-4)9-8-15-25-22(24-2)26-18-23(14-16-27-3)12-6-7-13-23;/h10-11,17H,5-9,12-16,18H2,1-4H3,(H2,24,25,26);1H. The number of methoxy groups -OCH3 is 2. The lowest BCUT2D eigenvalue weighted by Crippen LogP contribution is -2.43. The molecule has 1 aromatic rings. The first kappa shape index (κ1) is 26.8. The number of nitrogens with zero attached hydrogens (tertiary/aromatic N) is 1. The quantitative estimate of drug-likeness (QED) is 0.181. The molecule has 172 valence electrons. The fourth-order valence-electron chi connectivity index (χ4n) is 4.09. The molecule has 2 N–H and O–H groups in total. The molecule has 1 aliphatic rings. The third-order valence-corrected chi connectivity index (χ3v) is 5.82. The topological polar surface area (TPSA) is 64.1 Å². The van der Waals surface area contributed by atoms with Crippen molar-refractivity contribution in [1.29, 1.82) is 0 Å². The van der Waals surface area contributed by atoms with Gasteiger partial charge < -0.3 is 24.8 Å². The third kappa shape index (κ3) is 8.49. The molecule has 2 rings (SSSR count). The molecule has 1 aliphatic carbocycles. The van der Waals surface area contributed by atoms with E-state index >= 15 is 0 Å². The molecule has 0 atom stereocenters. The van der Waals surface area contributed by atoms with Crippen LogP contribution in [0.5, 0.6) is 11.5 Å².